The summed E-state index contributed by atoms with van der Waals surface area (Å²) in [6.45, 7) is 0. The molecule has 0 aliphatic carbocycles. The summed E-state index contributed by atoms with van der Waals surface area (Å²) in [6, 6.07) is 0. The number of nitrogens with zero attached hydrogens (tertiary/aromatic N) is 3. The van der Waals surface area contributed by atoms with Crippen LogP contribution < -0.4 is 0 Å². The molecule has 44 valence electrons. The van der Waals surface area contributed by atoms with E-state index >= 15 is 0 Å². The molecule has 1 heterocycles. The van der Waals surface area contributed by atoms with Crippen LogP contribution in [-0.4, -0.2) is 15.0 Å². The van der Waals surface area contributed by atoms with Crippen LogP contribution in [0.15, 0.2) is 0 Å². The van der Waals surface area contributed by atoms with Crippen LogP contribution >= 0.6 is 23.2 Å². The maximum absolute atomic E-state index is 5.50. The summed E-state index contributed by atoms with van der Waals surface area (Å²) in [5, 5.41) is 7.59. The predicted octanol–water partition coefficient (Wildman–Crippen LogP) is 1.12. The first kappa shape index (κ1) is 5.85. The monoisotopic (exact) mass is 151 g/mol. The minimum absolute atomic E-state index is 0.245. The number of rotatable bonds is 0. The van der Waals surface area contributed by atoms with E-state index in [1.807, 2.05) is 0 Å². The highest BCUT2D eigenvalue weighted by Gasteiger charge is 2.01. The van der Waals surface area contributed by atoms with Crippen LogP contribution in [0.25, 0.3) is 0 Å². The zero-order chi connectivity index (χ0) is 6.15. The summed E-state index contributed by atoms with van der Waals surface area (Å²) in [7, 11) is 1.67. The zero-order valence-corrected chi connectivity index (χ0v) is 5.61. The summed E-state index contributed by atoms with van der Waals surface area (Å²) in [5.41, 5.74) is 0. The molecule has 1 aromatic heterocycles. The molecule has 3 nitrogen and oxygen atoms in total. The topological polar surface area (TPSA) is 30.7 Å². The van der Waals surface area contributed by atoms with E-state index < -0.39 is 0 Å². The second kappa shape index (κ2) is 1.91. The third-order valence-corrected chi connectivity index (χ3v) is 1.50. The van der Waals surface area contributed by atoms with Gasteiger partial charge in [-0.3, -0.25) is 0 Å². The molecule has 0 unspecified atom stereocenters. The zero-order valence-electron chi connectivity index (χ0n) is 4.10. The second-order valence-electron chi connectivity index (χ2n) is 1.29. The molecule has 0 radical (unpaired) electrons. The molecule has 0 spiro atoms. The Kier molecular flexibility index (Phi) is 1.40. The van der Waals surface area contributed by atoms with Crippen molar-refractivity contribution in [3.63, 3.8) is 0 Å². The molecule has 1 aromatic rings. The molecule has 0 amide bonds. The van der Waals surface area contributed by atoms with Gasteiger partial charge in [-0.15, -0.1) is 5.10 Å². The Morgan fingerprint density at radius 2 is 2.12 bits per heavy atom. The van der Waals surface area contributed by atoms with Gasteiger partial charge in [-0.25, -0.2) is 4.68 Å². The van der Waals surface area contributed by atoms with Gasteiger partial charge >= 0.3 is 0 Å². The standard InChI is InChI=1S/C3H3Cl2N3/c1-8-3(5)2(4)6-7-8/h1H3. The molecule has 1 rings (SSSR count). The van der Waals surface area contributed by atoms with Crippen molar-refractivity contribution in [3.8, 4) is 0 Å². The fraction of sp³-hybridized carbons (Fsp3) is 0.333. The average molecular weight is 152 g/mol. The van der Waals surface area contributed by atoms with E-state index in [4.69, 9.17) is 23.2 Å². The van der Waals surface area contributed by atoms with Crippen LogP contribution in [0.5, 0.6) is 0 Å². The van der Waals surface area contributed by atoms with E-state index in [1.54, 1.807) is 7.05 Å². The van der Waals surface area contributed by atoms with E-state index in [-0.39, 0.29) is 5.15 Å². The molecule has 0 atom stereocenters. The van der Waals surface area contributed by atoms with Crippen molar-refractivity contribution in [2.24, 2.45) is 7.05 Å². The van der Waals surface area contributed by atoms with Gasteiger partial charge < -0.3 is 0 Å². The van der Waals surface area contributed by atoms with Gasteiger partial charge in [0.15, 0.2) is 10.3 Å². The predicted molar refractivity (Wildman–Crippen MR) is 31.0 cm³/mol. The second-order valence-corrected chi connectivity index (χ2v) is 2.01. The van der Waals surface area contributed by atoms with Crippen molar-refractivity contribution in [3.05, 3.63) is 10.3 Å². The van der Waals surface area contributed by atoms with Crippen molar-refractivity contribution >= 4 is 23.2 Å². The number of hydrogen-bond acceptors (Lipinski definition) is 2. The average Bonchev–Trinajstić information content (AvgIpc) is 1.98. The lowest BCUT2D eigenvalue weighted by atomic mass is 10.9. The van der Waals surface area contributed by atoms with E-state index in [0.717, 1.165) is 0 Å². The minimum Gasteiger partial charge on any atom is -0.235 e. The summed E-state index contributed by atoms with van der Waals surface area (Å²) >= 11 is 10.9. The minimum atomic E-state index is 0.245. The van der Waals surface area contributed by atoms with Gasteiger partial charge in [-0.2, -0.15) is 0 Å². The molecule has 8 heavy (non-hydrogen) atoms. The fourth-order valence-electron chi connectivity index (χ4n) is 0.320. The molecule has 0 N–H and O–H groups in total. The maximum Gasteiger partial charge on any atom is 0.190 e. The maximum atomic E-state index is 5.50. The van der Waals surface area contributed by atoms with Gasteiger partial charge in [0.25, 0.3) is 0 Å². The highest BCUT2D eigenvalue weighted by molar-refractivity contribution is 6.40. The summed E-state index contributed by atoms with van der Waals surface area (Å²) in [6.07, 6.45) is 0. The van der Waals surface area contributed by atoms with E-state index in [1.165, 1.54) is 4.68 Å². The fourth-order valence-corrected chi connectivity index (χ4v) is 0.548. The third-order valence-electron chi connectivity index (χ3n) is 0.721. The first-order valence-corrected chi connectivity index (χ1v) is 2.68. The molecule has 0 aliphatic rings. The lowest BCUT2D eigenvalue weighted by Crippen LogP contribution is -1.88. The summed E-state index contributed by atoms with van der Waals surface area (Å²) in [4.78, 5) is 0. The van der Waals surface area contributed by atoms with Crippen molar-refractivity contribution in [2.75, 3.05) is 0 Å². The number of aryl methyl sites for hydroxylation is 1. The Bertz CT molecular complexity index is 175. The Morgan fingerprint density at radius 1 is 1.50 bits per heavy atom. The van der Waals surface area contributed by atoms with Crippen molar-refractivity contribution in [1.82, 2.24) is 15.0 Å². The number of hydrogen-bond donors (Lipinski definition) is 0. The highest BCUT2D eigenvalue weighted by atomic mass is 35.5. The van der Waals surface area contributed by atoms with E-state index in [9.17, 15) is 0 Å². The van der Waals surface area contributed by atoms with Crippen molar-refractivity contribution in [1.29, 1.82) is 0 Å². The van der Waals surface area contributed by atoms with Crippen LogP contribution in [0.1, 0.15) is 0 Å². The van der Waals surface area contributed by atoms with Crippen molar-refractivity contribution < 1.29 is 0 Å². The smallest absolute Gasteiger partial charge is 0.190 e. The molecular weight excluding hydrogens is 149 g/mol. The van der Waals surface area contributed by atoms with Gasteiger partial charge in [0.05, 0.1) is 0 Å². The van der Waals surface area contributed by atoms with Gasteiger partial charge in [0.2, 0.25) is 0 Å². The quantitative estimate of drug-likeness (QED) is 0.557. The molecule has 0 aliphatic heterocycles. The molecule has 0 fully saturated rings. The Balaban J connectivity index is 3.19. The number of halogens is 2. The van der Waals surface area contributed by atoms with Crippen LogP contribution in [0.3, 0.4) is 0 Å². The Hall–Kier alpha value is -0.280. The number of aromatic nitrogens is 3. The van der Waals surface area contributed by atoms with E-state index in [2.05, 4.69) is 10.3 Å². The molecule has 0 saturated heterocycles. The molecule has 0 saturated carbocycles. The SMILES string of the molecule is Cn1nnc(Cl)c1Cl. The van der Waals surface area contributed by atoms with Crippen LogP contribution in [0, 0.1) is 0 Å². The van der Waals surface area contributed by atoms with Crippen LogP contribution in [0.2, 0.25) is 10.3 Å². The largest absolute Gasteiger partial charge is 0.235 e. The molecule has 5 heteroatoms. The van der Waals surface area contributed by atoms with Crippen LogP contribution in [-0.2, 0) is 7.05 Å². The van der Waals surface area contributed by atoms with Gasteiger partial charge in [-0.1, -0.05) is 28.4 Å². The summed E-state index contributed by atoms with van der Waals surface area (Å²) in [5.74, 6) is 0. The Morgan fingerprint density at radius 3 is 2.25 bits per heavy atom. The third kappa shape index (κ3) is 0.788. The van der Waals surface area contributed by atoms with Gasteiger partial charge in [0, 0.05) is 7.05 Å². The van der Waals surface area contributed by atoms with Crippen LogP contribution in [0.4, 0.5) is 0 Å². The van der Waals surface area contributed by atoms with E-state index in [0.29, 0.717) is 5.15 Å². The molecule has 0 bridgehead atoms. The lowest BCUT2D eigenvalue weighted by molar-refractivity contribution is 0.715. The highest BCUT2D eigenvalue weighted by Crippen LogP contribution is 2.15. The van der Waals surface area contributed by atoms with Gasteiger partial charge in [-0.05, 0) is 0 Å². The van der Waals surface area contributed by atoms with Crippen molar-refractivity contribution in [2.45, 2.75) is 0 Å². The first-order valence-electron chi connectivity index (χ1n) is 1.92. The molecule has 0 aromatic carbocycles. The Labute approximate surface area is 56.2 Å². The first-order chi connectivity index (χ1) is 3.72. The molecular formula is C3H3Cl2N3. The normalized spacial score (nSPS) is 9.88. The van der Waals surface area contributed by atoms with Gasteiger partial charge in [0.1, 0.15) is 0 Å². The lowest BCUT2D eigenvalue weighted by Gasteiger charge is -1.83. The summed E-state index contributed by atoms with van der Waals surface area (Å²) < 4.78 is 1.39.